The van der Waals surface area contributed by atoms with Crippen molar-refractivity contribution in [2.24, 2.45) is 0 Å². The topological polar surface area (TPSA) is 36.9 Å². The zero-order valence-electron chi connectivity index (χ0n) is 19.6. The van der Waals surface area contributed by atoms with E-state index in [1.807, 2.05) is 60.7 Å². The second-order valence-electron chi connectivity index (χ2n) is 8.65. The van der Waals surface area contributed by atoms with E-state index in [9.17, 15) is 0 Å². The van der Waals surface area contributed by atoms with E-state index >= 15 is 0 Å². The third-order valence-corrected chi connectivity index (χ3v) is 6.00. The number of ether oxygens (including phenoxy) is 4. The van der Waals surface area contributed by atoms with E-state index < -0.39 is 0 Å². The lowest BCUT2D eigenvalue weighted by molar-refractivity contribution is -0.215. The van der Waals surface area contributed by atoms with Gasteiger partial charge < -0.3 is 18.9 Å². The summed E-state index contributed by atoms with van der Waals surface area (Å²) in [6.45, 7) is 6.08. The van der Waals surface area contributed by atoms with Gasteiger partial charge in [-0.15, -0.1) is 6.58 Å². The fourth-order valence-corrected chi connectivity index (χ4v) is 4.28. The average Bonchev–Trinajstić information content (AvgIpc) is 2.89. The van der Waals surface area contributed by atoms with Gasteiger partial charge in [-0.1, -0.05) is 97.1 Å². The Bertz CT molecular complexity index is 961. The molecule has 0 amide bonds. The van der Waals surface area contributed by atoms with Crippen LogP contribution in [0.15, 0.2) is 104 Å². The van der Waals surface area contributed by atoms with Crippen molar-refractivity contribution in [2.75, 3.05) is 6.61 Å². The maximum absolute atomic E-state index is 6.45. The van der Waals surface area contributed by atoms with E-state index in [1.165, 1.54) is 0 Å². The zero-order valence-corrected chi connectivity index (χ0v) is 19.6. The Kier molecular flexibility index (Phi) is 9.47. The molecule has 3 aromatic carbocycles. The Morgan fingerprint density at radius 1 is 0.735 bits per heavy atom. The molecule has 0 aromatic heterocycles. The normalized spacial score (nSPS) is 22.4. The summed E-state index contributed by atoms with van der Waals surface area (Å²) in [6.07, 6.45) is 2.81. The fraction of sp³-hybridized carbons (Fsp3) is 0.333. The Morgan fingerprint density at radius 2 is 1.26 bits per heavy atom. The van der Waals surface area contributed by atoms with Gasteiger partial charge >= 0.3 is 0 Å². The van der Waals surface area contributed by atoms with Crippen LogP contribution in [0.4, 0.5) is 0 Å². The molecule has 1 aliphatic rings. The molecule has 0 bridgehead atoms. The highest BCUT2D eigenvalue weighted by Gasteiger charge is 2.39. The van der Waals surface area contributed by atoms with Crippen molar-refractivity contribution in [2.45, 2.75) is 57.1 Å². The summed E-state index contributed by atoms with van der Waals surface area (Å²) in [5.74, 6) is 0. The number of hydrogen-bond acceptors (Lipinski definition) is 4. The molecule has 1 fully saturated rings. The molecule has 178 valence electrons. The molecule has 1 aliphatic heterocycles. The largest absolute Gasteiger partial charge is 0.374 e. The third-order valence-electron chi connectivity index (χ3n) is 6.00. The van der Waals surface area contributed by atoms with Crippen LogP contribution in [0.25, 0.3) is 0 Å². The van der Waals surface area contributed by atoms with Gasteiger partial charge in [-0.2, -0.15) is 0 Å². The highest BCUT2D eigenvalue weighted by Crippen LogP contribution is 2.29. The first-order valence-corrected chi connectivity index (χ1v) is 12.0. The molecule has 1 heterocycles. The van der Waals surface area contributed by atoms with E-state index in [1.54, 1.807) is 0 Å². The van der Waals surface area contributed by atoms with Gasteiger partial charge in [0.2, 0.25) is 0 Å². The highest BCUT2D eigenvalue weighted by molar-refractivity contribution is 5.15. The van der Waals surface area contributed by atoms with Crippen LogP contribution in [0, 0.1) is 0 Å². The molecule has 4 heteroatoms. The van der Waals surface area contributed by atoms with E-state index in [2.05, 4.69) is 43.0 Å². The number of benzene rings is 3. The summed E-state index contributed by atoms with van der Waals surface area (Å²) in [5.41, 5.74) is 3.44. The quantitative estimate of drug-likeness (QED) is 0.307. The monoisotopic (exact) mass is 458 g/mol. The lowest BCUT2D eigenvalue weighted by Crippen LogP contribution is -2.51. The van der Waals surface area contributed by atoms with Crippen LogP contribution < -0.4 is 0 Å². The predicted molar refractivity (Wildman–Crippen MR) is 134 cm³/mol. The second kappa shape index (κ2) is 13.2. The molecule has 0 aliphatic carbocycles. The van der Waals surface area contributed by atoms with Gasteiger partial charge in [0, 0.05) is 6.42 Å². The molecule has 3 aromatic rings. The second-order valence-corrected chi connectivity index (χ2v) is 8.65. The summed E-state index contributed by atoms with van der Waals surface area (Å²) in [7, 11) is 0. The standard InChI is InChI=1S/C30H34O4/c1-2-12-28-30(33-22-26-17-10-5-11-18-26)29(32-21-25-15-8-4-9-16-25)19-27(34-28)23-31-20-24-13-6-3-7-14-24/h2-11,13-18,27-30H,1,12,19-23H2/t27-,28-,29-,30+/m1/s1. The highest BCUT2D eigenvalue weighted by atomic mass is 16.6. The van der Waals surface area contributed by atoms with Crippen molar-refractivity contribution in [3.8, 4) is 0 Å². The zero-order chi connectivity index (χ0) is 23.4. The Labute approximate surface area is 203 Å². The van der Waals surface area contributed by atoms with Crippen molar-refractivity contribution in [1.82, 2.24) is 0 Å². The Hall–Kier alpha value is -2.76. The average molecular weight is 459 g/mol. The fourth-order valence-electron chi connectivity index (χ4n) is 4.28. The SMILES string of the molecule is C=CC[C@H]1O[C@@H](COCc2ccccc2)C[C@@H](OCc2ccccc2)[C@H]1OCc1ccccc1. The first-order chi connectivity index (χ1) is 16.8. The molecule has 0 spiro atoms. The van der Waals surface area contributed by atoms with Crippen molar-refractivity contribution in [1.29, 1.82) is 0 Å². The Balaban J connectivity index is 1.42. The number of rotatable bonds is 12. The first-order valence-electron chi connectivity index (χ1n) is 12.0. The third kappa shape index (κ3) is 7.37. The van der Waals surface area contributed by atoms with Crippen LogP contribution >= 0.6 is 0 Å². The molecule has 1 saturated heterocycles. The summed E-state index contributed by atoms with van der Waals surface area (Å²) in [4.78, 5) is 0. The van der Waals surface area contributed by atoms with Gasteiger partial charge in [0.25, 0.3) is 0 Å². The molecule has 4 rings (SSSR count). The van der Waals surface area contributed by atoms with Crippen molar-refractivity contribution in [3.05, 3.63) is 120 Å². The minimum atomic E-state index is -0.188. The maximum atomic E-state index is 6.45. The van der Waals surface area contributed by atoms with Gasteiger partial charge in [-0.3, -0.25) is 0 Å². The minimum Gasteiger partial charge on any atom is -0.374 e. The van der Waals surface area contributed by atoms with Crippen LogP contribution in [-0.4, -0.2) is 31.0 Å². The predicted octanol–water partition coefficient (Wildman–Crippen LogP) is 6.11. The smallest absolute Gasteiger partial charge is 0.111 e. The summed E-state index contributed by atoms with van der Waals surface area (Å²) in [5, 5.41) is 0. The van der Waals surface area contributed by atoms with E-state index in [-0.39, 0.29) is 24.4 Å². The van der Waals surface area contributed by atoms with Crippen LogP contribution in [0.2, 0.25) is 0 Å². The van der Waals surface area contributed by atoms with Gasteiger partial charge in [0.05, 0.1) is 44.7 Å². The molecule has 0 unspecified atom stereocenters. The summed E-state index contributed by atoms with van der Waals surface area (Å²) in [6, 6.07) is 30.7. The van der Waals surface area contributed by atoms with Crippen LogP contribution in [0.3, 0.4) is 0 Å². The van der Waals surface area contributed by atoms with E-state index in [4.69, 9.17) is 18.9 Å². The van der Waals surface area contributed by atoms with Crippen LogP contribution in [0.5, 0.6) is 0 Å². The lowest BCUT2D eigenvalue weighted by Gasteiger charge is -2.41. The first kappa shape index (κ1) is 24.4. The molecule has 34 heavy (non-hydrogen) atoms. The molecule has 4 nitrogen and oxygen atoms in total. The lowest BCUT2D eigenvalue weighted by atomic mass is 9.95. The number of hydrogen-bond donors (Lipinski definition) is 0. The minimum absolute atomic E-state index is 0.0639. The van der Waals surface area contributed by atoms with Crippen molar-refractivity contribution >= 4 is 0 Å². The van der Waals surface area contributed by atoms with Gasteiger partial charge in [0.15, 0.2) is 0 Å². The van der Waals surface area contributed by atoms with Crippen LogP contribution in [0.1, 0.15) is 29.5 Å². The van der Waals surface area contributed by atoms with E-state index in [0.29, 0.717) is 39.3 Å². The van der Waals surface area contributed by atoms with Crippen LogP contribution in [-0.2, 0) is 38.8 Å². The van der Waals surface area contributed by atoms with Gasteiger partial charge in [-0.25, -0.2) is 0 Å². The van der Waals surface area contributed by atoms with Gasteiger partial charge in [0.1, 0.15) is 6.10 Å². The van der Waals surface area contributed by atoms with Gasteiger partial charge in [-0.05, 0) is 23.1 Å². The molecular formula is C30H34O4. The molecule has 0 saturated carbocycles. The van der Waals surface area contributed by atoms with E-state index in [0.717, 1.165) is 16.7 Å². The molecule has 4 atom stereocenters. The van der Waals surface area contributed by atoms with Crippen molar-refractivity contribution in [3.63, 3.8) is 0 Å². The summed E-state index contributed by atoms with van der Waals surface area (Å²) >= 11 is 0. The molecular weight excluding hydrogens is 424 g/mol. The molecule has 0 N–H and O–H groups in total. The summed E-state index contributed by atoms with van der Waals surface area (Å²) < 4.78 is 25.3. The van der Waals surface area contributed by atoms with Crippen molar-refractivity contribution < 1.29 is 18.9 Å². The molecule has 0 radical (unpaired) electrons. The maximum Gasteiger partial charge on any atom is 0.111 e. The Morgan fingerprint density at radius 3 is 1.82 bits per heavy atom.